The fraction of sp³-hybridized carbons (Fsp3) is 0.727. The summed E-state index contributed by atoms with van der Waals surface area (Å²) in [6.45, 7) is 0. The second-order valence-corrected chi connectivity index (χ2v) is 5.79. The Morgan fingerprint density at radius 1 is 1.41 bits per heavy atom. The molecule has 2 N–H and O–H groups in total. The zero-order valence-corrected chi connectivity index (χ0v) is 10.2. The normalized spacial score (nSPS) is 30.5. The molecule has 2 nitrogen and oxygen atoms in total. The smallest absolute Gasteiger partial charge is 0.325 e. The highest BCUT2D eigenvalue weighted by atomic mass is 32.1. The van der Waals surface area contributed by atoms with E-state index in [0.717, 1.165) is 4.88 Å². The van der Waals surface area contributed by atoms with Crippen molar-refractivity contribution in [3.8, 4) is 0 Å². The number of alkyl halides is 3. The number of rotatable bonds is 2. The van der Waals surface area contributed by atoms with Crippen LogP contribution in [0.5, 0.6) is 0 Å². The van der Waals surface area contributed by atoms with Gasteiger partial charge in [-0.3, -0.25) is 4.98 Å². The Bertz CT molecular complexity index is 353. The highest BCUT2D eigenvalue weighted by Crippen LogP contribution is 2.41. The second kappa shape index (κ2) is 4.57. The van der Waals surface area contributed by atoms with E-state index in [-0.39, 0.29) is 12.8 Å². The highest BCUT2D eigenvalue weighted by Gasteiger charge is 2.44. The molecule has 0 spiro atoms. The van der Waals surface area contributed by atoms with Crippen LogP contribution in [0.2, 0.25) is 0 Å². The number of thiazole rings is 1. The Morgan fingerprint density at radius 2 is 2.06 bits per heavy atom. The molecule has 0 saturated heterocycles. The number of nitrogens with two attached hydrogens (primary N) is 1. The van der Waals surface area contributed by atoms with Crippen molar-refractivity contribution in [3.05, 3.63) is 16.6 Å². The fourth-order valence-corrected chi connectivity index (χ4v) is 3.12. The highest BCUT2D eigenvalue weighted by molar-refractivity contribution is 7.09. The molecule has 1 heterocycles. The minimum absolute atomic E-state index is 0.152. The Balaban J connectivity index is 1.93. The molecule has 6 heteroatoms. The van der Waals surface area contributed by atoms with Crippen molar-refractivity contribution >= 4 is 11.3 Å². The van der Waals surface area contributed by atoms with Gasteiger partial charge < -0.3 is 5.73 Å². The van der Waals surface area contributed by atoms with Crippen LogP contribution in [-0.4, -0.2) is 16.7 Å². The van der Waals surface area contributed by atoms with E-state index in [4.69, 9.17) is 5.73 Å². The molecular formula is C11H15F3N2S. The van der Waals surface area contributed by atoms with Gasteiger partial charge in [-0.15, -0.1) is 11.3 Å². The van der Waals surface area contributed by atoms with Crippen molar-refractivity contribution in [2.45, 2.75) is 43.8 Å². The quantitative estimate of drug-likeness (QED) is 0.891. The Labute approximate surface area is 102 Å². The first-order valence-electron chi connectivity index (χ1n) is 5.62. The van der Waals surface area contributed by atoms with Crippen LogP contribution in [0.4, 0.5) is 13.2 Å². The monoisotopic (exact) mass is 264 g/mol. The lowest BCUT2D eigenvalue weighted by molar-refractivity contribution is -0.184. The van der Waals surface area contributed by atoms with Crippen molar-refractivity contribution in [2.24, 2.45) is 11.7 Å². The minimum atomic E-state index is -4.06. The third kappa shape index (κ3) is 3.19. The van der Waals surface area contributed by atoms with Gasteiger partial charge in [0.2, 0.25) is 0 Å². The molecule has 2 rings (SSSR count). The predicted molar refractivity (Wildman–Crippen MR) is 60.7 cm³/mol. The molecule has 0 radical (unpaired) electrons. The maximum atomic E-state index is 12.5. The summed E-state index contributed by atoms with van der Waals surface area (Å²) >= 11 is 1.51. The van der Waals surface area contributed by atoms with E-state index in [0.29, 0.717) is 19.3 Å². The summed E-state index contributed by atoms with van der Waals surface area (Å²) < 4.78 is 37.6. The Kier molecular flexibility index (Phi) is 3.45. The van der Waals surface area contributed by atoms with Crippen molar-refractivity contribution in [1.82, 2.24) is 4.98 Å². The van der Waals surface area contributed by atoms with Crippen LogP contribution >= 0.6 is 11.3 Å². The number of aromatic nitrogens is 1. The van der Waals surface area contributed by atoms with E-state index in [9.17, 15) is 13.2 Å². The molecule has 0 aliphatic heterocycles. The van der Waals surface area contributed by atoms with Crippen LogP contribution in [0, 0.1) is 5.92 Å². The third-order valence-electron chi connectivity index (χ3n) is 3.45. The van der Waals surface area contributed by atoms with Crippen molar-refractivity contribution < 1.29 is 13.2 Å². The van der Waals surface area contributed by atoms with E-state index in [1.807, 2.05) is 0 Å². The van der Waals surface area contributed by atoms with Crippen LogP contribution in [0.3, 0.4) is 0 Å². The summed E-state index contributed by atoms with van der Waals surface area (Å²) in [6.07, 6.45) is -0.495. The number of nitrogens with zero attached hydrogens (tertiary/aromatic N) is 1. The molecule has 0 aromatic carbocycles. The second-order valence-electron chi connectivity index (χ2n) is 4.82. The molecule has 1 fully saturated rings. The van der Waals surface area contributed by atoms with Gasteiger partial charge in [0.05, 0.1) is 11.4 Å². The summed E-state index contributed by atoms with van der Waals surface area (Å²) in [5.41, 5.74) is 7.41. The lowest BCUT2D eigenvalue weighted by Gasteiger charge is -2.37. The van der Waals surface area contributed by atoms with Crippen LogP contribution in [-0.2, 0) is 6.42 Å². The molecule has 96 valence electrons. The van der Waals surface area contributed by atoms with E-state index in [1.165, 1.54) is 11.3 Å². The van der Waals surface area contributed by atoms with E-state index < -0.39 is 17.6 Å². The topological polar surface area (TPSA) is 38.9 Å². The van der Waals surface area contributed by atoms with Gasteiger partial charge in [-0.1, -0.05) is 0 Å². The first-order valence-corrected chi connectivity index (χ1v) is 6.50. The summed E-state index contributed by atoms with van der Waals surface area (Å²) in [6, 6.07) is 0. The van der Waals surface area contributed by atoms with Crippen molar-refractivity contribution in [1.29, 1.82) is 0 Å². The lowest BCUT2D eigenvalue weighted by Crippen LogP contribution is -2.47. The number of hydrogen-bond acceptors (Lipinski definition) is 3. The van der Waals surface area contributed by atoms with Gasteiger partial charge in [0.25, 0.3) is 0 Å². The van der Waals surface area contributed by atoms with Gasteiger partial charge in [0.15, 0.2) is 0 Å². The van der Waals surface area contributed by atoms with Gasteiger partial charge in [0.1, 0.15) is 0 Å². The van der Waals surface area contributed by atoms with Gasteiger partial charge in [-0.2, -0.15) is 13.2 Å². The van der Waals surface area contributed by atoms with Crippen LogP contribution in [0.1, 0.15) is 30.6 Å². The molecule has 17 heavy (non-hydrogen) atoms. The summed E-state index contributed by atoms with van der Waals surface area (Å²) in [5.74, 6) is -1.17. The Morgan fingerprint density at radius 3 is 2.53 bits per heavy atom. The molecule has 1 aromatic heterocycles. The van der Waals surface area contributed by atoms with Crippen molar-refractivity contribution in [2.75, 3.05) is 0 Å². The zero-order chi connectivity index (χ0) is 12.5. The molecule has 0 amide bonds. The maximum absolute atomic E-state index is 12.5. The van der Waals surface area contributed by atoms with Crippen molar-refractivity contribution in [3.63, 3.8) is 0 Å². The van der Waals surface area contributed by atoms with Gasteiger partial charge in [-0.05, 0) is 25.7 Å². The summed E-state index contributed by atoms with van der Waals surface area (Å²) in [5, 5.41) is 0. The minimum Gasteiger partial charge on any atom is -0.325 e. The standard InChI is InChI=1S/C11H15F3N2S/c12-11(13,14)8-1-3-10(15,4-2-8)5-9-6-16-7-17-9/h6-8H,1-5,15H2. The first-order chi connectivity index (χ1) is 7.89. The van der Waals surface area contributed by atoms with Crippen LogP contribution < -0.4 is 5.73 Å². The molecule has 0 bridgehead atoms. The third-order valence-corrected chi connectivity index (χ3v) is 4.23. The molecule has 1 aromatic rings. The van der Waals surface area contributed by atoms with E-state index in [2.05, 4.69) is 4.98 Å². The van der Waals surface area contributed by atoms with Gasteiger partial charge in [-0.25, -0.2) is 0 Å². The Hall–Kier alpha value is -0.620. The first kappa shape index (κ1) is 12.8. The fourth-order valence-electron chi connectivity index (χ4n) is 2.37. The molecular weight excluding hydrogens is 249 g/mol. The molecule has 1 aliphatic rings. The molecule has 1 saturated carbocycles. The number of hydrogen-bond donors (Lipinski definition) is 1. The molecule has 0 atom stereocenters. The van der Waals surface area contributed by atoms with Gasteiger partial charge >= 0.3 is 6.18 Å². The van der Waals surface area contributed by atoms with Crippen LogP contribution in [0.15, 0.2) is 11.7 Å². The number of halogens is 3. The lowest BCUT2D eigenvalue weighted by atomic mass is 9.75. The zero-order valence-electron chi connectivity index (χ0n) is 9.33. The predicted octanol–water partition coefficient (Wildman–Crippen LogP) is 3.14. The maximum Gasteiger partial charge on any atom is 0.391 e. The average molecular weight is 264 g/mol. The van der Waals surface area contributed by atoms with Crippen LogP contribution in [0.25, 0.3) is 0 Å². The van der Waals surface area contributed by atoms with Gasteiger partial charge in [0, 0.05) is 23.0 Å². The largest absolute Gasteiger partial charge is 0.391 e. The summed E-state index contributed by atoms with van der Waals surface area (Å²) in [7, 11) is 0. The average Bonchev–Trinajstić information content (AvgIpc) is 2.68. The van der Waals surface area contributed by atoms with E-state index in [1.54, 1.807) is 11.7 Å². The summed E-state index contributed by atoms with van der Waals surface area (Å²) in [4.78, 5) is 5.01. The molecule has 0 unspecified atom stereocenters. The van der Waals surface area contributed by atoms with E-state index >= 15 is 0 Å². The molecule has 1 aliphatic carbocycles. The SMILES string of the molecule is NC1(Cc2cncs2)CCC(C(F)(F)F)CC1.